The van der Waals surface area contributed by atoms with Crippen molar-refractivity contribution in [2.24, 2.45) is 0 Å². The number of nitro groups is 1. The second-order valence-corrected chi connectivity index (χ2v) is 5.81. The van der Waals surface area contributed by atoms with E-state index in [1.807, 2.05) is 30.3 Å². The van der Waals surface area contributed by atoms with Crippen molar-refractivity contribution in [1.82, 2.24) is 0 Å². The van der Waals surface area contributed by atoms with Crippen molar-refractivity contribution >= 4 is 23.0 Å². The van der Waals surface area contributed by atoms with E-state index in [0.717, 1.165) is 11.3 Å². The maximum absolute atomic E-state index is 12.2. The number of hydrogen-bond donors (Lipinski definition) is 2. The monoisotopic (exact) mass is 350 g/mol. The van der Waals surface area contributed by atoms with Crippen LogP contribution in [0.5, 0.6) is 0 Å². The fourth-order valence-electron chi connectivity index (χ4n) is 2.30. The highest BCUT2D eigenvalue weighted by Crippen LogP contribution is 2.24. The lowest BCUT2D eigenvalue weighted by Gasteiger charge is -2.12. The van der Waals surface area contributed by atoms with Crippen LogP contribution in [0.4, 0.5) is 17.1 Å². The highest BCUT2D eigenvalue weighted by atomic mass is 16.6. The van der Waals surface area contributed by atoms with E-state index in [2.05, 4.69) is 24.5 Å². The van der Waals surface area contributed by atoms with E-state index < -0.39 is 10.8 Å². The van der Waals surface area contributed by atoms with Crippen LogP contribution in [0.1, 0.15) is 25.3 Å². The molecule has 2 rings (SSSR count). The number of para-hydroxylation sites is 1. The van der Waals surface area contributed by atoms with Crippen molar-refractivity contribution in [2.75, 3.05) is 10.6 Å². The van der Waals surface area contributed by atoms with Crippen LogP contribution in [-0.2, 0) is 4.79 Å². The number of anilines is 2. The van der Waals surface area contributed by atoms with Crippen molar-refractivity contribution in [2.45, 2.75) is 19.8 Å². The third-order valence-electron chi connectivity index (χ3n) is 3.66. The zero-order chi connectivity index (χ0) is 19.1. The van der Waals surface area contributed by atoms with Crippen molar-refractivity contribution < 1.29 is 9.72 Å². The lowest BCUT2D eigenvalue weighted by molar-refractivity contribution is -0.384. The molecule has 132 valence electrons. The molecule has 0 unspecified atom stereocenters. The lowest BCUT2D eigenvalue weighted by Crippen LogP contribution is -2.14. The first kappa shape index (κ1) is 18.7. The van der Waals surface area contributed by atoms with Crippen molar-refractivity contribution in [3.63, 3.8) is 0 Å². The summed E-state index contributed by atoms with van der Waals surface area (Å²) in [6.07, 6.45) is 1.35. The molecule has 0 radical (unpaired) electrons. The molecule has 0 heterocycles. The summed E-state index contributed by atoms with van der Waals surface area (Å²) in [5.41, 5.74) is 2.06. The van der Waals surface area contributed by atoms with E-state index in [9.17, 15) is 20.2 Å². The van der Waals surface area contributed by atoms with Gasteiger partial charge in [-0.3, -0.25) is 14.9 Å². The number of nitrogens with one attached hydrogen (secondary N) is 2. The molecule has 0 aliphatic heterocycles. The number of nitro benzene ring substituents is 1. The van der Waals surface area contributed by atoms with Gasteiger partial charge in [0.1, 0.15) is 11.6 Å². The summed E-state index contributed by atoms with van der Waals surface area (Å²) in [5.74, 6) is -0.317. The van der Waals surface area contributed by atoms with Gasteiger partial charge in [0.25, 0.3) is 11.6 Å². The Hall–Kier alpha value is -3.66. The first-order valence-corrected chi connectivity index (χ1v) is 7.94. The molecule has 7 heteroatoms. The Balaban J connectivity index is 2.12. The summed E-state index contributed by atoms with van der Waals surface area (Å²) in [4.78, 5) is 22.3. The fraction of sp³-hybridized carbons (Fsp3) is 0.158. The topological polar surface area (TPSA) is 108 Å². The Kier molecular flexibility index (Phi) is 6.06. The van der Waals surface area contributed by atoms with E-state index >= 15 is 0 Å². The van der Waals surface area contributed by atoms with Crippen LogP contribution in [-0.4, -0.2) is 10.8 Å². The van der Waals surface area contributed by atoms with Gasteiger partial charge in [-0.2, -0.15) is 5.26 Å². The normalized spacial score (nSPS) is 10.9. The van der Waals surface area contributed by atoms with Crippen LogP contribution in [0, 0.1) is 21.4 Å². The number of benzene rings is 2. The number of amides is 1. The molecule has 26 heavy (non-hydrogen) atoms. The molecule has 0 aromatic heterocycles. The summed E-state index contributed by atoms with van der Waals surface area (Å²) < 4.78 is 0. The Morgan fingerprint density at radius 3 is 2.42 bits per heavy atom. The molecule has 2 aromatic rings. The smallest absolute Gasteiger partial charge is 0.269 e. The summed E-state index contributed by atoms with van der Waals surface area (Å²) >= 11 is 0. The number of nitrogens with zero attached hydrogens (tertiary/aromatic N) is 2. The second kappa shape index (κ2) is 8.44. The predicted octanol–water partition coefficient (Wildman–Crippen LogP) is 4.18. The zero-order valence-corrected chi connectivity index (χ0v) is 14.4. The van der Waals surface area contributed by atoms with Crippen LogP contribution in [0.3, 0.4) is 0 Å². The number of nitriles is 1. The minimum absolute atomic E-state index is 0.0778. The van der Waals surface area contributed by atoms with Crippen LogP contribution in [0.15, 0.2) is 60.3 Å². The zero-order valence-electron chi connectivity index (χ0n) is 14.4. The summed E-state index contributed by atoms with van der Waals surface area (Å²) in [6.45, 7) is 4.10. The Bertz CT molecular complexity index is 880. The molecule has 2 aromatic carbocycles. The molecule has 0 fully saturated rings. The van der Waals surface area contributed by atoms with Crippen molar-refractivity contribution in [3.8, 4) is 6.07 Å². The molecule has 2 N–H and O–H groups in total. The van der Waals surface area contributed by atoms with Gasteiger partial charge in [-0.05, 0) is 29.7 Å². The number of non-ortho nitro benzene ring substituents is 1. The van der Waals surface area contributed by atoms with Gasteiger partial charge in [-0.1, -0.05) is 32.0 Å². The number of carbonyl (C=O) groups excluding carboxylic acids is 1. The van der Waals surface area contributed by atoms with Crippen molar-refractivity contribution in [1.29, 1.82) is 5.26 Å². The van der Waals surface area contributed by atoms with E-state index in [1.165, 1.54) is 30.5 Å². The summed E-state index contributed by atoms with van der Waals surface area (Å²) in [5, 5.41) is 25.4. The van der Waals surface area contributed by atoms with Gasteiger partial charge in [0.2, 0.25) is 0 Å². The first-order chi connectivity index (χ1) is 12.4. The van der Waals surface area contributed by atoms with Gasteiger partial charge in [-0.25, -0.2) is 0 Å². The van der Waals surface area contributed by atoms with Crippen LogP contribution >= 0.6 is 0 Å². The molecular weight excluding hydrogens is 332 g/mol. The Labute approximate surface area is 151 Å². The van der Waals surface area contributed by atoms with E-state index in [0.29, 0.717) is 5.69 Å². The third kappa shape index (κ3) is 4.68. The molecule has 1 amide bonds. The van der Waals surface area contributed by atoms with Gasteiger partial charge < -0.3 is 10.6 Å². The van der Waals surface area contributed by atoms with Gasteiger partial charge in [-0.15, -0.1) is 0 Å². The predicted molar refractivity (Wildman–Crippen MR) is 99.6 cm³/mol. The third-order valence-corrected chi connectivity index (χ3v) is 3.66. The maximum atomic E-state index is 12.2. The van der Waals surface area contributed by atoms with Gasteiger partial charge in [0.15, 0.2) is 0 Å². The highest BCUT2D eigenvalue weighted by molar-refractivity contribution is 6.06. The molecular formula is C19H18N4O3. The van der Waals surface area contributed by atoms with E-state index in [4.69, 9.17) is 0 Å². The quantitative estimate of drug-likeness (QED) is 0.352. The highest BCUT2D eigenvalue weighted by Gasteiger charge is 2.11. The van der Waals surface area contributed by atoms with Gasteiger partial charge in [0, 0.05) is 29.7 Å². The molecule has 0 saturated heterocycles. The molecule has 0 spiro atoms. The summed E-state index contributed by atoms with van der Waals surface area (Å²) in [7, 11) is 0. The average molecular weight is 350 g/mol. The number of hydrogen-bond acceptors (Lipinski definition) is 5. The number of carbonyl (C=O) groups is 1. The van der Waals surface area contributed by atoms with Crippen LogP contribution in [0.25, 0.3) is 0 Å². The SMILES string of the molecule is CC(C)c1ccccc1N/C=C(/C#N)C(=O)Nc1ccc([N+](=O)[O-])cc1. The molecule has 7 nitrogen and oxygen atoms in total. The molecule has 0 saturated carbocycles. The fourth-order valence-corrected chi connectivity index (χ4v) is 2.30. The van der Waals surface area contributed by atoms with Crippen LogP contribution < -0.4 is 10.6 Å². The molecule has 0 aliphatic carbocycles. The largest absolute Gasteiger partial charge is 0.360 e. The van der Waals surface area contributed by atoms with Gasteiger partial charge >= 0.3 is 0 Å². The van der Waals surface area contributed by atoms with Crippen LogP contribution in [0.2, 0.25) is 0 Å². The standard InChI is InChI=1S/C19H18N4O3/c1-13(2)17-5-3-4-6-18(17)21-12-14(11-20)19(24)22-15-7-9-16(10-8-15)23(25)26/h3-10,12-13,21H,1-2H3,(H,22,24)/b14-12-. The second-order valence-electron chi connectivity index (χ2n) is 5.81. The van der Waals surface area contributed by atoms with E-state index in [1.54, 1.807) is 0 Å². The molecule has 0 atom stereocenters. The minimum Gasteiger partial charge on any atom is -0.360 e. The first-order valence-electron chi connectivity index (χ1n) is 7.94. The Morgan fingerprint density at radius 1 is 1.19 bits per heavy atom. The molecule has 0 bridgehead atoms. The summed E-state index contributed by atoms with van der Waals surface area (Å²) in [6, 6.07) is 14.9. The minimum atomic E-state index is -0.601. The molecule has 0 aliphatic rings. The van der Waals surface area contributed by atoms with E-state index in [-0.39, 0.29) is 17.2 Å². The van der Waals surface area contributed by atoms with Crippen molar-refractivity contribution in [3.05, 3.63) is 76.0 Å². The maximum Gasteiger partial charge on any atom is 0.269 e. The Morgan fingerprint density at radius 2 is 1.85 bits per heavy atom. The van der Waals surface area contributed by atoms with Gasteiger partial charge in [0.05, 0.1) is 4.92 Å². The average Bonchev–Trinajstić information content (AvgIpc) is 2.63. The number of rotatable bonds is 6. The lowest BCUT2D eigenvalue weighted by atomic mass is 10.0.